The summed E-state index contributed by atoms with van der Waals surface area (Å²) in [5.41, 5.74) is 2.93. The van der Waals surface area contributed by atoms with Crippen LogP contribution < -0.4 is 19.5 Å². The number of amides is 1. The van der Waals surface area contributed by atoms with Crippen molar-refractivity contribution >= 4 is 5.91 Å². The second-order valence-electron chi connectivity index (χ2n) is 7.29. The summed E-state index contributed by atoms with van der Waals surface area (Å²) < 4.78 is 16.1. The Kier molecular flexibility index (Phi) is 6.99. The fraction of sp³-hybridized carbons (Fsp3) is 0.435. The Labute approximate surface area is 172 Å². The van der Waals surface area contributed by atoms with Gasteiger partial charge in [0.15, 0.2) is 11.5 Å². The van der Waals surface area contributed by atoms with Crippen molar-refractivity contribution in [3.63, 3.8) is 0 Å². The third kappa shape index (κ3) is 4.82. The number of rotatable bonds is 8. The lowest BCUT2D eigenvalue weighted by Gasteiger charge is -2.28. The minimum atomic E-state index is -0.166. The van der Waals surface area contributed by atoms with E-state index in [2.05, 4.69) is 41.4 Å². The molecule has 29 heavy (non-hydrogen) atoms. The summed E-state index contributed by atoms with van der Waals surface area (Å²) in [7, 11) is 4.63. The molecule has 1 atom stereocenters. The molecule has 6 nitrogen and oxygen atoms in total. The van der Waals surface area contributed by atoms with Crippen LogP contribution in [0.5, 0.6) is 17.2 Å². The zero-order chi connectivity index (χ0) is 20.8. The standard InChI is InChI=1S/C23H30N2O4/c1-16-7-9-17(10-8-16)19(25-11-5-6-12-25)15-24-23(26)18-13-20(27-2)22(29-4)21(14-18)28-3/h7-10,13-14,19H,5-6,11-12,15H2,1-4H3,(H,24,26)/t19-/m1/s1. The first-order valence-corrected chi connectivity index (χ1v) is 9.96. The zero-order valence-corrected chi connectivity index (χ0v) is 17.7. The average molecular weight is 399 g/mol. The molecule has 1 saturated heterocycles. The van der Waals surface area contributed by atoms with Gasteiger partial charge >= 0.3 is 0 Å². The summed E-state index contributed by atoms with van der Waals surface area (Å²) in [5, 5.41) is 3.10. The number of carbonyl (C=O) groups excluding carboxylic acids is 1. The van der Waals surface area contributed by atoms with Crippen molar-refractivity contribution < 1.29 is 19.0 Å². The van der Waals surface area contributed by atoms with Crippen molar-refractivity contribution in [2.75, 3.05) is 41.0 Å². The van der Waals surface area contributed by atoms with Crippen LogP contribution in [0.3, 0.4) is 0 Å². The lowest BCUT2D eigenvalue weighted by molar-refractivity contribution is 0.0937. The lowest BCUT2D eigenvalue weighted by Crippen LogP contribution is -2.36. The summed E-state index contributed by atoms with van der Waals surface area (Å²) in [6.45, 7) is 4.73. The van der Waals surface area contributed by atoms with Gasteiger partial charge in [-0.1, -0.05) is 29.8 Å². The Morgan fingerprint density at radius 2 is 1.59 bits per heavy atom. The van der Waals surface area contributed by atoms with Crippen LogP contribution in [0.2, 0.25) is 0 Å². The van der Waals surface area contributed by atoms with Gasteiger partial charge in [-0.05, 0) is 50.6 Å². The van der Waals surface area contributed by atoms with Crippen LogP contribution in [0.15, 0.2) is 36.4 Å². The van der Waals surface area contributed by atoms with Crippen LogP contribution in [0.25, 0.3) is 0 Å². The normalized spacial score (nSPS) is 15.0. The highest BCUT2D eigenvalue weighted by molar-refractivity contribution is 5.95. The molecule has 0 radical (unpaired) electrons. The Balaban J connectivity index is 1.78. The van der Waals surface area contributed by atoms with E-state index in [1.54, 1.807) is 33.5 Å². The zero-order valence-electron chi connectivity index (χ0n) is 17.7. The molecular formula is C23H30N2O4. The number of likely N-dealkylation sites (tertiary alicyclic amines) is 1. The van der Waals surface area contributed by atoms with Gasteiger partial charge in [0.05, 0.1) is 27.4 Å². The SMILES string of the molecule is COc1cc(C(=O)NC[C@H](c2ccc(C)cc2)N2CCCC2)cc(OC)c1OC. The van der Waals surface area contributed by atoms with Gasteiger partial charge in [-0.3, -0.25) is 9.69 Å². The minimum Gasteiger partial charge on any atom is -0.493 e. The third-order valence-corrected chi connectivity index (χ3v) is 5.43. The fourth-order valence-corrected chi connectivity index (χ4v) is 3.80. The van der Waals surface area contributed by atoms with Crippen molar-refractivity contribution in [2.45, 2.75) is 25.8 Å². The molecule has 1 aliphatic heterocycles. The Bertz CT molecular complexity index is 804. The van der Waals surface area contributed by atoms with Crippen molar-refractivity contribution in [1.29, 1.82) is 0 Å². The molecular weight excluding hydrogens is 368 g/mol. The van der Waals surface area contributed by atoms with Gasteiger partial charge in [0.25, 0.3) is 5.91 Å². The smallest absolute Gasteiger partial charge is 0.251 e. The number of hydrogen-bond acceptors (Lipinski definition) is 5. The molecule has 1 amide bonds. The Hall–Kier alpha value is -2.73. The molecule has 0 unspecified atom stereocenters. The highest BCUT2D eigenvalue weighted by Gasteiger charge is 2.24. The van der Waals surface area contributed by atoms with Gasteiger partial charge in [0.2, 0.25) is 5.75 Å². The second kappa shape index (κ2) is 9.65. The maximum absolute atomic E-state index is 12.9. The number of aryl methyl sites for hydroxylation is 1. The summed E-state index contributed by atoms with van der Waals surface area (Å²) >= 11 is 0. The second-order valence-corrected chi connectivity index (χ2v) is 7.29. The van der Waals surface area contributed by atoms with E-state index < -0.39 is 0 Å². The first-order valence-electron chi connectivity index (χ1n) is 9.96. The van der Waals surface area contributed by atoms with Crippen molar-refractivity contribution in [2.24, 2.45) is 0 Å². The number of ether oxygens (including phenoxy) is 3. The van der Waals surface area contributed by atoms with Gasteiger partial charge in [-0.2, -0.15) is 0 Å². The number of nitrogens with zero attached hydrogens (tertiary/aromatic N) is 1. The van der Waals surface area contributed by atoms with Crippen molar-refractivity contribution in [3.8, 4) is 17.2 Å². The highest BCUT2D eigenvalue weighted by atomic mass is 16.5. The summed E-state index contributed by atoms with van der Waals surface area (Å²) in [5.74, 6) is 1.24. The molecule has 156 valence electrons. The van der Waals surface area contributed by atoms with Crippen LogP contribution in [0.1, 0.15) is 40.4 Å². The van der Waals surface area contributed by atoms with Crippen LogP contribution in [0, 0.1) is 6.92 Å². The number of benzene rings is 2. The number of nitrogens with one attached hydrogen (secondary N) is 1. The topological polar surface area (TPSA) is 60.0 Å². The van der Waals surface area contributed by atoms with E-state index in [-0.39, 0.29) is 11.9 Å². The number of methoxy groups -OCH3 is 3. The Morgan fingerprint density at radius 3 is 2.10 bits per heavy atom. The fourth-order valence-electron chi connectivity index (χ4n) is 3.80. The van der Waals surface area contributed by atoms with Gasteiger partial charge in [0, 0.05) is 12.1 Å². The number of hydrogen-bond donors (Lipinski definition) is 1. The summed E-state index contributed by atoms with van der Waals surface area (Å²) in [6.07, 6.45) is 2.40. The molecule has 0 bridgehead atoms. The quantitative estimate of drug-likeness (QED) is 0.736. The number of carbonyl (C=O) groups is 1. The van der Waals surface area contributed by atoms with E-state index in [0.29, 0.717) is 29.4 Å². The van der Waals surface area contributed by atoms with E-state index in [4.69, 9.17) is 14.2 Å². The molecule has 1 aliphatic rings. The molecule has 2 aromatic rings. The molecule has 0 spiro atoms. The first kappa shape index (κ1) is 21.0. The van der Waals surface area contributed by atoms with Crippen molar-refractivity contribution in [1.82, 2.24) is 10.2 Å². The van der Waals surface area contributed by atoms with Gasteiger partial charge in [-0.25, -0.2) is 0 Å². The monoisotopic (exact) mass is 398 g/mol. The van der Waals surface area contributed by atoms with E-state index in [9.17, 15) is 4.79 Å². The average Bonchev–Trinajstić information content (AvgIpc) is 3.28. The highest BCUT2D eigenvalue weighted by Crippen LogP contribution is 2.38. The molecule has 0 aromatic heterocycles. The van der Waals surface area contributed by atoms with Crippen LogP contribution >= 0.6 is 0 Å². The maximum atomic E-state index is 12.9. The molecule has 2 aromatic carbocycles. The van der Waals surface area contributed by atoms with E-state index >= 15 is 0 Å². The molecule has 6 heteroatoms. The molecule has 1 fully saturated rings. The van der Waals surface area contributed by atoms with Gasteiger partial charge in [0.1, 0.15) is 0 Å². The molecule has 1 N–H and O–H groups in total. The largest absolute Gasteiger partial charge is 0.493 e. The molecule has 1 heterocycles. The Morgan fingerprint density at radius 1 is 1.00 bits per heavy atom. The van der Waals surface area contributed by atoms with Crippen LogP contribution in [-0.2, 0) is 0 Å². The first-order chi connectivity index (χ1) is 14.1. The predicted molar refractivity (Wildman–Crippen MR) is 113 cm³/mol. The summed E-state index contributed by atoms with van der Waals surface area (Å²) in [4.78, 5) is 15.3. The van der Waals surface area contributed by atoms with Gasteiger partial charge < -0.3 is 19.5 Å². The molecule has 3 rings (SSSR count). The predicted octanol–water partition coefficient (Wildman–Crippen LogP) is 3.59. The van der Waals surface area contributed by atoms with Crippen LogP contribution in [-0.4, -0.2) is 51.8 Å². The molecule has 0 saturated carbocycles. The third-order valence-electron chi connectivity index (χ3n) is 5.43. The van der Waals surface area contributed by atoms with Gasteiger partial charge in [-0.15, -0.1) is 0 Å². The molecule has 0 aliphatic carbocycles. The summed E-state index contributed by atoms with van der Waals surface area (Å²) in [6, 6.07) is 12.1. The van der Waals surface area contributed by atoms with E-state index in [1.807, 2.05) is 0 Å². The van der Waals surface area contributed by atoms with E-state index in [1.165, 1.54) is 24.0 Å². The lowest BCUT2D eigenvalue weighted by atomic mass is 10.0. The maximum Gasteiger partial charge on any atom is 0.251 e. The van der Waals surface area contributed by atoms with Crippen LogP contribution in [0.4, 0.5) is 0 Å². The van der Waals surface area contributed by atoms with Crippen molar-refractivity contribution in [3.05, 3.63) is 53.1 Å². The van der Waals surface area contributed by atoms with E-state index in [0.717, 1.165) is 13.1 Å². The minimum absolute atomic E-state index is 0.157.